The molecule has 3 heteroatoms. The fourth-order valence-electron chi connectivity index (χ4n) is 0.659. The Labute approximate surface area is 51.3 Å². The molecular formula is C6H3N2O. The Morgan fingerprint density at radius 1 is 1.56 bits per heavy atom. The number of hydrogen-bond donors (Lipinski definition) is 0. The first-order valence-electron chi connectivity index (χ1n) is 2.53. The molecule has 0 spiro atoms. The monoisotopic (exact) mass is 119 g/mol. The molecular weight excluding hydrogens is 116 g/mol. The summed E-state index contributed by atoms with van der Waals surface area (Å²) in [6.45, 7) is 0. The van der Waals surface area contributed by atoms with Crippen molar-refractivity contribution in [2.45, 2.75) is 0 Å². The van der Waals surface area contributed by atoms with Crippen LogP contribution in [0, 0.1) is 6.20 Å². The fraction of sp³-hybridized carbons (Fsp3) is 0. The molecule has 0 amide bonds. The van der Waals surface area contributed by atoms with Gasteiger partial charge in [0.05, 0.1) is 6.20 Å². The van der Waals surface area contributed by atoms with Crippen molar-refractivity contribution >= 4 is 11.2 Å². The van der Waals surface area contributed by atoms with Gasteiger partial charge in [0.25, 0.3) is 0 Å². The van der Waals surface area contributed by atoms with E-state index in [1.807, 2.05) is 0 Å². The molecule has 2 heterocycles. The predicted octanol–water partition coefficient (Wildman–Crippen LogP) is 1.02. The molecule has 2 aromatic rings. The minimum Gasteiger partial charge on any atom is -0.425 e. The van der Waals surface area contributed by atoms with Crippen molar-refractivity contribution in [3.63, 3.8) is 0 Å². The lowest BCUT2D eigenvalue weighted by Crippen LogP contribution is -1.69. The van der Waals surface area contributed by atoms with Crippen LogP contribution in [0.4, 0.5) is 0 Å². The Balaban J connectivity index is 2.95. The van der Waals surface area contributed by atoms with Crippen LogP contribution in [0.5, 0.6) is 0 Å². The molecule has 0 bridgehead atoms. The van der Waals surface area contributed by atoms with Gasteiger partial charge in [-0.3, -0.25) is 0 Å². The first-order valence-corrected chi connectivity index (χ1v) is 2.53. The third kappa shape index (κ3) is 0.579. The lowest BCUT2D eigenvalue weighted by Gasteiger charge is -1.77. The van der Waals surface area contributed by atoms with Crippen LogP contribution in [0.2, 0.25) is 0 Å². The molecule has 0 atom stereocenters. The number of oxazole rings is 1. The van der Waals surface area contributed by atoms with Crippen LogP contribution in [-0.4, -0.2) is 9.97 Å². The number of hydrogen-bond acceptors (Lipinski definition) is 3. The summed E-state index contributed by atoms with van der Waals surface area (Å²) in [6.07, 6.45) is 4.00. The molecule has 0 aliphatic rings. The summed E-state index contributed by atoms with van der Waals surface area (Å²) in [6, 6.07) is 3.50. The highest BCUT2D eigenvalue weighted by Crippen LogP contribution is 2.05. The molecule has 2 rings (SSSR count). The van der Waals surface area contributed by atoms with E-state index in [1.165, 1.54) is 6.39 Å². The molecule has 9 heavy (non-hydrogen) atoms. The zero-order valence-electron chi connectivity index (χ0n) is 4.53. The Bertz CT molecular complexity index is 285. The van der Waals surface area contributed by atoms with Crippen LogP contribution in [-0.2, 0) is 0 Å². The molecule has 0 fully saturated rings. The number of aromatic nitrogens is 2. The summed E-state index contributed by atoms with van der Waals surface area (Å²) in [5, 5.41) is 0. The summed E-state index contributed by atoms with van der Waals surface area (Å²) >= 11 is 0. The maximum Gasteiger partial charge on any atom is 0.247 e. The van der Waals surface area contributed by atoms with Crippen LogP contribution in [0.15, 0.2) is 22.9 Å². The number of fused-ring (bicyclic) bond motifs is 1. The van der Waals surface area contributed by atoms with E-state index in [2.05, 4.69) is 16.2 Å². The number of pyridine rings is 1. The normalized spacial score (nSPS) is 10.2. The SMILES string of the molecule is [c]1ccc2ncoc2n1. The zero-order chi connectivity index (χ0) is 6.10. The van der Waals surface area contributed by atoms with E-state index in [-0.39, 0.29) is 0 Å². The second-order valence-electron chi connectivity index (χ2n) is 1.62. The van der Waals surface area contributed by atoms with E-state index in [0.29, 0.717) is 5.71 Å². The highest BCUT2D eigenvalue weighted by Gasteiger charge is 1.93. The topological polar surface area (TPSA) is 38.9 Å². The molecule has 0 unspecified atom stereocenters. The molecule has 2 aromatic heterocycles. The van der Waals surface area contributed by atoms with E-state index < -0.39 is 0 Å². The summed E-state index contributed by atoms with van der Waals surface area (Å²) in [5.41, 5.74) is 1.31. The Kier molecular flexibility index (Phi) is 0.773. The van der Waals surface area contributed by atoms with Gasteiger partial charge in [-0.05, 0) is 12.1 Å². The van der Waals surface area contributed by atoms with Crippen LogP contribution in [0.25, 0.3) is 11.2 Å². The molecule has 0 saturated carbocycles. The molecule has 0 aliphatic heterocycles. The van der Waals surface area contributed by atoms with Gasteiger partial charge in [0.15, 0.2) is 6.39 Å². The van der Waals surface area contributed by atoms with Crippen molar-refractivity contribution in [3.05, 3.63) is 24.7 Å². The largest absolute Gasteiger partial charge is 0.425 e. The van der Waals surface area contributed by atoms with E-state index in [0.717, 1.165) is 5.52 Å². The van der Waals surface area contributed by atoms with Crippen LogP contribution < -0.4 is 0 Å². The molecule has 0 N–H and O–H groups in total. The molecule has 0 saturated heterocycles. The summed E-state index contributed by atoms with van der Waals surface area (Å²) in [5.74, 6) is 0. The van der Waals surface area contributed by atoms with E-state index in [9.17, 15) is 0 Å². The minimum atomic E-state index is 0.539. The van der Waals surface area contributed by atoms with Crippen LogP contribution in [0.3, 0.4) is 0 Å². The van der Waals surface area contributed by atoms with E-state index in [4.69, 9.17) is 4.42 Å². The van der Waals surface area contributed by atoms with Crippen molar-refractivity contribution in [2.75, 3.05) is 0 Å². The highest BCUT2D eigenvalue weighted by molar-refractivity contribution is 5.66. The van der Waals surface area contributed by atoms with Crippen molar-refractivity contribution in [1.82, 2.24) is 9.97 Å². The molecule has 1 radical (unpaired) electrons. The maximum absolute atomic E-state index is 4.86. The Hall–Kier alpha value is -1.38. The summed E-state index contributed by atoms with van der Waals surface area (Å²) in [4.78, 5) is 7.66. The van der Waals surface area contributed by atoms with Crippen molar-refractivity contribution in [2.24, 2.45) is 0 Å². The Morgan fingerprint density at radius 3 is 3.44 bits per heavy atom. The summed E-state index contributed by atoms with van der Waals surface area (Å²) < 4.78 is 4.86. The van der Waals surface area contributed by atoms with Crippen LogP contribution >= 0.6 is 0 Å². The highest BCUT2D eigenvalue weighted by atomic mass is 16.3. The van der Waals surface area contributed by atoms with Gasteiger partial charge in [-0.25, -0.2) is 9.97 Å². The number of rotatable bonds is 0. The molecule has 43 valence electrons. The summed E-state index contributed by atoms with van der Waals surface area (Å²) in [7, 11) is 0. The third-order valence-corrected chi connectivity index (χ3v) is 1.06. The van der Waals surface area contributed by atoms with Crippen LogP contribution in [0.1, 0.15) is 0 Å². The zero-order valence-corrected chi connectivity index (χ0v) is 4.53. The smallest absolute Gasteiger partial charge is 0.247 e. The average Bonchev–Trinajstić information content (AvgIpc) is 2.33. The second-order valence-corrected chi connectivity index (χ2v) is 1.62. The lowest BCUT2D eigenvalue weighted by atomic mass is 10.5. The molecule has 3 nitrogen and oxygen atoms in total. The van der Waals surface area contributed by atoms with Crippen molar-refractivity contribution < 1.29 is 4.42 Å². The first kappa shape index (κ1) is 4.49. The molecule has 0 aliphatic carbocycles. The second kappa shape index (κ2) is 1.55. The van der Waals surface area contributed by atoms with Gasteiger partial charge in [-0.1, -0.05) is 0 Å². The fourth-order valence-corrected chi connectivity index (χ4v) is 0.659. The quantitative estimate of drug-likeness (QED) is 0.519. The van der Waals surface area contributed by atoms with Gasteiger partial charge in [0.1, 0.15) is 5.52 Å². The van der Waals surface area contributed by atoms with Gasteiger partial charge in [0, 0.05) is 0 Å². The molecule has 0 aromatic carbocycles. The van der Waals surface area contributed by atoms with E-state index >= 15 is 0 Å². The van der Waals surface area contributed by atoms with Crippen molar-refractivity contribution in [3.8, 4) is 0 Å². The maximum atomic E-state index is 4.86. The lowest BCUT2D eigenvalue weighted by molar-refractivity contribution is 0.590. The number of nitrogens with zero attached hydrogens (tertiary/aromatic N) is 2. The first-order chi connectivity index (χ1) is 4.47. The van der Waals surface area contributed by atoms with E-state index in [1.54, 1.807) is 12.1 Å². The van der Waals surface area contributed by atoms with Gasteiger partial charge in [0.2, 0.25) is 5.71 Å². The van der Waals surface area contributed by atoms with Gasteiger partial charge >= 0.3 is 0 Å². The minimum absolute atomic E-state index is 0.539. The standard InChI is InChI=1S/C6H3N2O/c1-2-5-6(7-3-1)9-4-8-5/h1-2,4H. The van der Waals surface area contributed by atoms with Gasteiger partial charge in [-0.15, -0.1) is 0 Å². The third-order valence-electron chi connectivity index (χ3n) is 1.06. The van der Waals surface area contributed by atoms with Crippen molar-refractivity contribution in [1.29, 1.82) is 0 Å². The average molecular weight is 119 g/mol. The predicted molar refractivity (Wildman–Crippen MR) is 30.6 cm³/mol. The Morgan fingerprint density at radius 2 is 2.56 bits per heavy atom. The van der Waals surface area contributed by atoms with Gasteiger partial charge < -0.3 is 4.42 Å². The van der Waals surface area contributed by atoms with Gasteiger partial charge in [-0.2, -0.15) is 0 Å².